The van der Waals surface area contributed by atoms with Crippen LogP contribution < -0.4 is 0 Å². The second-order valence-electron chi connectivity index (χ2n) is 3.67. The Morgan fingerprint density at radius 2 is 1.87 bits per heavy atom. The van der Waals surface area contributed by atoms with Crippen molar-refractivity contribution >= 4 is 5.78 Å². The smallest absolute Gasteiger partial charge is 0.212 e. The first-order valence-electron chi connectivity index (χ1n) is 4.63. The molecule has 72 valence electrons. The highest BCUT2D eigenvalue weighted by atomic mass is 16.1. The van der Waals surface area contributed by atoms with Gasteiger partial charge in [-0.15, -0.1) is 0 Å². The third-order valence-electron chi connectivity index (χ3n) is 3.03. The van der Waals surface area contributed by atoms with Gasteiger partial charge in [0.25, 0.3) is 0 Å². The fourth-order valence-electron chi connectivity index (χ4n) is 2.04. The van der Waals surface area contributed by atoms with Gasteiger partial charge in [0, 0.05) is 11.5 Å². The molecule has 0 heterocycles. The van der Waals surface area contributed by atoms with Crippen LogP contribution in [-0.2, 0) is 0 Å². The molecule has 1 aromatic rings. The molecule has 1 unspecified atom stereocenters. The molecule has 15 heavy (non-hydrogen) atoms. The number of Topliss-reactive ketones (excluding diaryl/α,β-unsaturated/α-hetero) is 1. The molecular weight excluding hydrogens is 188 g/mol. The quantitative estimate of drug-likeness (QED) is 0.637. The van der Waals surface area contributed by atoms with Gasteiger partial charge in [0.05, 0.1) is 12.1 Å². The summed E-state index contributed by atoms with van der Waals surface area (Å²) >= 11 is 0. The molecule has 0 aliphatic heterocycles. The maximum absolute atomic E-state index is 11.9. The normalized spacial score (nSPS) is 21.5. The number of fused-ring (bicyclic) bond motifs is 1. The van der Waals surface area contributed by atoms with E-state index in [1.807, 2.05) is 18.2 Å². The molecule has 0 bridgehead atoms. The van der Waals surface area contributed by atoms with Crippen LogP contribution in [0.3, 0.4) is 0 Å². The maximum Gasteiger partial charge on any atom is 0.212 e. The van der Waals surface area contributed by atoms with Gasteiger partial charge in [-0.05, 0) is 5.56 Å². The summed E-state index contributed by atoms with van der Waals surface area (Å²) in [6.07, 6.45) is 0. The lowest BCUT2D eigenvalue weighted by atomic mass is 9.79. The Hall–Kier alpha value is -2.13. The van der Waals surface area contributed by atoms with Gasteiger partial charge < -0.3 is 0 Å². The molecule has 0 fully saturated rings. The highest BCUT2D eigenvalue weighted by molar-refractivity contribution is 6.09. The van der Waals surface area contributed by atoms with Crippen molar-refractivity contribution in [1.82, 2.24) is 0 Å². The Balaban J connectivity index is 2.72. The summed E-state index contributed by atoms with van der Waals surface area (Å²) in [4.78, 5) is 11.9. The van der Waals surface area contributed by atoms with E-state index < -0.39 is 5.41 Å². The lowest BCUT2D eigenvalue weighted by molar-refractivity contribution is 0.0912. The summed E-state index contributed by atoms with van der Waals surface area (Å²) in [6.45, 7) is 1.75. The third kappa shape index (κ3) is 0.951. The number of carbonyl (C=O) groups is 1. The van der Waals surface area contributed by atoms with Crippen LogP contribution in [0.2, 0.25) is 0 Å². The second-order valence-corrected chi connectivity index (χ2v) is 3.67. The Morgan fingerprint density at radius 1 is 1.27 bits per heavy atom. The van der Waals surface area contributed by atoms with Crippen molar-refractivity contribution < 1.29 is 4.79 Å². The fourth-order valence-corrected chi connectivity index (χ4v) is 2.04. The number of nitriles is 2. The molecule has 0 saturated heterocycles. The van der Waals surface area contributed by atoms with Crippen LogP contribution in [0, 0.1) is 28.1 Å². The highest BCUT2D eigenvalue weighted by Gasteiger charge is 2.52. The van der Waals surface area contributed by atoms with Crippen molar-refractivity contribution in [2.75, 3.05) is 0 Å². The highest BCUT2D eigenvalue weighted by Crippen LogP contribution is 2.45. The van der Waals surface area contributed by atoms with Gasteiger partial charge in [0.1, 0.15) is 0 Å². The standard InChI is InChI=1S/C12H8N2O/c1-8-9-4-2-3-5-10(9)11(15)12(8,6-13)7-14/h2-5,8H,1H3. The van der Waals surface area contributed by atoms with Crippen molar-refractivity contribution in [2.24, 2.45) is 5.41 Å². The van der Waals surface area contributed by atoms with E-state index in [-0.39, 0.29) is 11.7 Å². The zero-order valence-corrected chi connectivity index (χ0v) is 8.19. The topological polar surface area (TPSA) is 64.7 Å². The van der Waals surface area contributed by atoms with Crippen LogP contribution in [-0.4, -0.2) is 5.78 Å². The van der Waals surface area contributed by atoms with Crippen LogP contribution in [0.5, 0.6) is 0 Å². The predicted molar refractivity (Wildman–Crippen MR) is 52.8 cm³/mol. The Morgan fingerprint density at radius 3 is 2.40 bits per heavy atom. The van der Waals surface area contributed by atoms with Gasteiger partial charge in [0.15, 0.2) is 5.78 Å². The van der Waals surface area contributed by atoms with Gasteiger partial charge >= 0.3 is 0 Å². The van der Waals surface area contributed by atoms with E-state index in [9.17, 15) is 4.79 Å². The van der Waals surface area contributed by atoms with E-state index in [1.165, 1.54) is 0 Å². The number of benzene rings is 1. The first-order valence-corrected chi connectivity index (χ1v) is 4.63. The fraction of sp³-hybridized carbons (Fsp3) is 0.250. The minimum Gasteiger partial charge on any atom is -0.291 e. The Kier molecular flexibility index (Phi) is 1.84. The molecule has 1 aliphatic carbocycles. The van der Waals surface area contributed by atoms with Crippen LogP contribution in [0.15, 0.2) is 24.3 Å². The number of rotatable bonds is 0. The largest absolute Gasteiger partial charge is 0.291 e. The first-order chi connectivity index (χ1) is 7.17. The number of ketones is 1. The van der Waals surface area contributed by atoms with E-state index in [2.05, 4.69) is 0 Å². The van der Waals surface area contributed by atoms with Crippen molar-refractivity contribution in [3.63, 3.8) is 0 Å². The summed E-state index contributed by atoms with van der Waals surface area (Å²) in [5.41, 5.74) is -0.220. The number of hydrogen-bond acceptors (Lipinski definition) is 3. The molecule has 0 saturated carbocycles. The minimum atomic E-state index is -1.52. The predicted octanol–water partition coefficient (Wildman–Crippen LogP) is 2.02. The summed E-state index contributed by atoms with van der Waals surface area (Å²) in [6, 6.07) is 10.8. The summed E-state index contributed by atoms with van der Waals surface area (Å²) in [5, 5.41) is 18.1. The van der Waals surface area contributed by atoms with Gasteiger partial charge in [-0.2, -0.15) is 10.5 Å². The molecule has 3 heteroatoms. The lowest BCUT2D eigenvalue weighted by Crippen LogP contribution is -2.26. The minimum absolute atomic E-state index is 0.351. The van der Waals surface area contributed by atoms with Gasteiger partial charge in [0.2, 0.25) is 5.41 Å². The number of carbonyl (C=O) groups excluding carboxylic acids is 1. The SMILES string of the molecule is CC1c2ccccc2C(=O)C1(C#N)C#N. The average Bonchev–Trinajstić information content (AvgIpc) is 2.51. The van der Waals surface area contributed by atoms with Crippen molar-refractivity contribution in [3.8, 4) is 12.1 Å². The maximum atomic E-state index is 11.9. The van der Waals surface area contributed by atoms with Crippen LogP contribution in [0.4, 0.5) is 0 Å². The van der Waals surface area contributed by atoms with Gasteiger partial charge in [-0.1, -0.05) is 31.2 Å². The Bertz CT molecular complexity index is 505. The summed E-state index contributed by atoms with van der Waals surface area (Å²) in [7, 11) is 0. The lowest BCUT2D eigenvalue weighted by Gasteiger charge is -2.14. The molecule has 1 aromatic carbocycles. The monoisotopic (exact) mass is 196 g/mol. The zero-order valence-electron chi connectivity index (χ0n) is 8.19. The molecule has 1 aliphatic rings. The molecule has 0 radical (unpaired) electrons. The molecular formula is C12H8N2O. The number of nitrogens with zero attached hydrogens (tertiary/aromatic N) is 2. The van der Waals surface area contributed by atoms with Crippen LogP contribution >= 0.6 is 0 Å². The van der Waals surface area contributed by atoms with E-state index in [0.717, 1.165) is 5.56 Å². The molecule has 0 spiro atoms. The van der Waals surface area contributed by atoms with E-state index in [1.54, 1.807) is 25.1 Å². The van der Waals surface area contributed by atoms with Crippen LogP contribution in [0.1, 0.15) is 28.8 Å². The van der Waals surface area contributed by atoms with E-state index in [0.29, 0.717) is 5.56 Å². The van der Waals surface area contributed by atoms with Gasteiger partial charge in [-0.3, -0.25) is 4.79 Å². The molecule has 0 N–H and O–H groups in total. The molecule has 1 atom stereocenters. The molecule has 0 amide bonds. The zero-order chi connectivity index (χ0) is 11.1. The first kappa shape index (κ1) is 9.43. The van der Waals surface area contributed by atoms with Crippen LogP contribution in [0.25, 0.3) is 0 Å². The van der Waals surface area contributed by atoms with E-state index in [4.69, 9.17) is 10.5 Å². The van der Waals surface area contributed by atoms with Crippen molar-refractivity contribution in [3.05, 3.63) is 35.4 Å². The summed E-state index contributed by atoms with van der Waals surface area (Å²) < 4.78 is 0. The molecule has 2 rings (SSSR count). The second kappa shape index (κ2) is 2.93. The average molecular weight is 196 g/mol. The number of hydrogen-bond donors (Lipinski definition) is 0. The Labute approximate surface area is 87.6 Å². The third-order valence-corrected chi connectivity index (χ3v) is 3.03. The molecule has 0 aromatic heterocycles. The van der Waals surface area contributed by atoms with E-state index >= 15 is 0 Å². The molecule has 3 nitrogen and oxygen atoms in total. The van der Waals surface area contributed by atoms with Crippen molar-refractivity contribution in [2.45, 2.75) is 12.8 Å². The van der Waals surface area contributed by atoms with Gasteiger partial charge in [-0.25, -0.2) is 0 Å². The summed E-state index contributed by atoms with van der Waals surface area (Å²) in [5.74, 6) is -0.716. The van der Waals surface area contributed by atoms with Crippen molar-refractivity contribution in [1.29, 1.82) is 10.5 Å².